The molecule has 5 aromatic rings. The maximum absolute atomic E-state index is 5.66. The zero-order valence-corrected chi connectivity index (χ0v) is 39.4. The summed E-state index contributed by atoms with van der Waals surface area (Å²) < 4.78 is 1.92. The van der Waals surface area contributed by atoms with E-state index in [9.17, 15) is 0 Å². The molecular formula is C49H56Cl2N4RuS-2. The van der Waals surface area contributed by atoms with Gasteiger partial charge < -0.3 is 19.6 Å². The fourth-order valence-corrected chi connectivity index (χ4v) is 10.9. The summed E-state index contributed by atoms with van der Waals surface area (Å²) in [6.45, 7) is 30.4. The van der Waals surface area contributed by atoms with Crippen LogP contribution < -0.4 is 19.6 Å². The monoisotopic (exact) mass is 904 g/mol. The van der Waals surface area contributed by atoms with E-state index in [-0.39, 0.29) is 0 Å². The first-order chi connectivity index (χ1) is 27.0. The van der Waals surface area contributed by atoms with Crippen molar-refractivity contribution in [1.82, 2.24) is 0 Å². The Morgan fingerprint density at radius 3 is 0.895 bits per heavy atom. The zero-order chi connectivity index (χ0) is 41.6. The second kappa shape index (κ2) is 19.8. The molecule has 0 fully saturated rings. The molecule has 57 heavy (non-hydrogen) atoms. The maximum atomic E-state index is 5.66. The number of halogens is 2. The fraction of sp³-hybridized carbons (Fsp3) is 0.245. The molecule has 0 bridgehead atoms. The van der Waals surface area contributed by atoms with Crippen molar-refractivity contribution in [2.24, 2.45) is 0 Å². The van der Waals surface area contributed by atoms with Gasteiger partial charge in [-0.3, -0.25) is 0 Å². The van der Waals surface area contributed by atoms with E-state index >= 15 is 0 Å². The molecule has 302 valence electrons. The Bertz CT molecular complexity index is 1950. The molecule has 7 rings (SSSR count). The van der Waals surface area contributed by atoms with Gasteiger partial charge in [-0.1, -0.05) is 70.8 Å². The molecule has 4 nitrogen and oxygen atoms in total. The Balaban J connectivity index is 0.000000174. The van der Waals surface area contributed by atoms with Gasteiger partial charge in [0, 0.05) is 22.7 Å². The average Bonchev–Trinajstić information content (AvgIpc) is 3.77. The summed E-state index contributed by atoms with van der Waals surface area (Å²) in [5, 5.41) is 0. The molecule has 5 aromatic carbocycles. The van der Waals surface area contributed by atoms with Crippen molar-refractivity contribution >= 4 is 57.8 Å². The van der Waals surface area contributed by atoms with Gasteiger partial charge in [0.2, 0.25) is 0 Å². The SMILES string of the molecule is Cc1cc(C)c(N2C=CN(c3c(C)cc(C)cc3C)[CH-]2)c(C)c1.Cc1cc(C)c(N2C=CN(c3c(C)cc(C)cc3C)[CH-]2)c(C)c1.[Cl][Ru]([Cl])=[CH]Sc1ccccc1. The van der Waals surface area contributed by atoms with Gasteiger partial charge in [0.25, 0.3) is 0 Å². The third-order valence-electron chi connectivity index (χ3n) is 9.83. The van der Waals surface area contributed by atoms with Crippen LogP contribution >= 0.6 is 31.1 Å². The van der Waals surface area contributed by atoms with Crippen LogP contribution in [0.3, 0.4) is 0 Å². The van der Waals surface area contributed by atoms with E-state index < -0.39 is 13.5 Å². The first-order valence-electron chi connectivity index (χ1n) is 19.1. The Morgan fingerprint density at radius 2 is 0.667 bits per heavy atom. The molecule has 0 N–H and O–H groups in total. The number of hydrogen-bond donors (Lipinski definition) is 0. The summed E-state index contributed by atoms with van der Waals surface area (Å²) in [5.74, 6) is 0. The molecule has 0 amide bonds. The third kappa shape index (κ3) is 11.4. The van der Waals surface area contributed by atoms with Gasteiger partial charge in [-0.25, -0.2) is 0 Å². The summed E-state index contributed by atoms with van der Waals surface area (Å²) in [4.78, 5) is 10.1. The number of anilines is 4. The van der Waals surface area contributed by atoms with Crippen LogP contribution in [0.1, 0.15) is 66.8 Å². The Labute approximate surface area is 360 Å². The van der Waals surface area contributed by atoms with E-state index in [2.05, 4.69) is 189 Å². The number of rotatable bonds is 6. The van der Waals surface area contributed by atoms with Crippen LogP contribution in [0.2, 0.25) is 0 Å². The van der Waals surface area contributed by atoms with Crippen LogP contribution in [-0.4, -0.2) is 3.94 Å². The van der Waals surface area contributed by atoms with E-state index in [0.29, 0.717) is 0 Å². The van der Waals surface area contributed by atoms with Crippen LogP contribution in [0.15, 0.2) is 109 Å². The van der Waals surface area contributed by atoms with Crippen molar-refractivity contribution in [1.29, 1.82) is 0 Å². The van der Waals surface area contributed by atoms with E-state index in [1.54, 1.807) is 11.8 Å². The van der Waals surface area contributed by atoms with Crippen molar-refractivity contribution in [3.8, 4) is 0 Å². The van der Waals surface area contributed by atoms with E-state index in [4.69, 9.17) is 19.4 Å². The van der Waals surface area contributed by atoms with Crippen molar-refractivity contribution in [3.05, 3.63) is 184 Å². The summed E-state index contributed by atoms with van der Waals surface area (Å²) in [6.07, 6.45) is 8.57. The second-order valence-corrected chi connectivity index (χ2v) is 22.5. The molecule has 0 aromatic heterocycles. The average molecular weight is 905 g/mol. The molecule has 0 unspecified atom stereocenters. The normalized spacial score (nSPS) is 13.4. The van der Waals surface area contributed by atoms with Crippen molar-refractivity contribution in [2.45, 2.75) is 88.0 Å². The Hall–Kier alpha value is -3.80. The molecule has 2 heterocycles. The van der Waals surface area contributed by atoms with Crippen LogP contribution in [0.4, 0.5) is 22.7 Å². The van der Waals surface area contributed by atoms with Gasteiger partial charge in [-0.2, -0.15) is 0 Å². The molecule has 0 aliphatic carbocycles. The summed E-state index contributed by atoms with van der Waals surface area (Å²) in [5.41, 5.74) is 20.8. The molecule has 2 aliphatic heterocycles. The van der Waals surface area contributed by atoms with Crippen LogP contribution in [0, 0.1) is 96.4 Å². The fourth-order valence-electron chi connectivity index (χ4n) is 8.14. The standard InChI is InChI=1S/2C21H25N2.C7H6S.2ClH.Ru/c2*1-14-9-16(3)20(17(4)10-14)22-7-8-23(13-22)21-18(5)11-15(2)12-19(21)6;1-8-7-5-3-2-4-6-7;;;/h2*7-13H,1-6H3;1-6H;2*1H;/q2*-1;;;;+2/p-2. The van der Waals surface area contributed by atoms with Crippen LogP contribution in [0.5, 0.6) is 0 Å². The minimum absolute atomic E-state index is 1.19. The van der Waals surface area contributed by atoms with E-state index in [0.717, 1.165) is 0 Å². The van der Waals surface area contributed by atoms with Crippen molar-refractivity contribution in [2.75, 3.05) is 19.6 Å². The number of hydrogen-bond acceptors (Lipinski definition) is 5. The molecule has 0 radical (unpaired) electrons. The molecule has 0 spiro atoms. The number of nitrogens with zero attached hydrogens (tertiary/aromatic N) is 4. The van der Waals surface area contributed by atoms with E-state index in [1.807, 2.05) is 34.3 Å². The topological polar surface area (TPSA) is 13.0 Å². The second-order valence-electron chi connectivity index (χ2n) is 15.2. The van der Waals surface area contributed by atoms with Crippen molar-refractivity contribution < 1.29 is 13.5 Å². The summed E-state index contributed by atoms with van der Waals surface area (Å²) >= 11 is 0.00846. The van der Waals surface area contributed by atoms with Gasteiger partial charge in [0.05, 0.1) is 0 Å². The molecule has 0 saturated heterocycles. The zero-order valence-electron chi connectivity index (χ0n) is 35.4. The predicted octanol–water partition coefficient (Wildman–Crippen LogP) is 14.4. The van der Waals surface area contributed by atoms with Gasteiger partial charge in [0.15, 0.2) is 0 Å². The first-order valence-corrected chi connectivity index (χ1v) is 25.4. The summed E-state index contributed by atoms with van der Waals surface area (Å²) in [7, 11) is 11.3. The van der Waals surface area contributed by atoms with Gasteiger partial charge in [-0.05, 0) is 152 Å². The van der Waals surface area contributed by atoms with Gasteiger partial charge >= 0.3 is 83.8 Å². The van der Waals surface area contributed by atoms with Crippen LogP contribution in [-0.2, 0) is 13.5 Å². The van der Waals surface area contributed by atoms with Gasteiger partial charge in [0.1, 0.15) is 0 Å². The van der Waals surface area contributed by atoms with Gasteiger partial charge in [-0.15, -0.1) is 13.3 Å². The van der Waals surface area contributed by atoms with Crippen LogP contribution in [0.25, 0.3) is 0 Å². The third-order valence-corrected chi connectivity index (χ3v) is 14.4. The molecule has 8 heteroatoms. The Morgan fingerprint density at radius 1 is 0.421 bits per heavy atom. The first kappa shape index (κ1) is 44.3. The van der Waals surface area contributed by atoms with Crippen molar-refractivity contribution in [3.63, 3.8) is 0 Å². The quantitative estimate of drug-likeness (QED) is 0.0954. The Kier molecular flexibility index (Phi) is 15.4. The number of aryl methyl sites for hydroxylation is 12. The number of benzene rings is 5. The molecular weight excluding hydrogens is 849 g/mol. The van der Waals surface area contributed by atoms with E-state index in [1.165, 1.54) is 94.4 Å². The molecule has 0 atom stereocenters. The summed E-state index contributed by atoms with van der Waals surface area (Å²) in [6, 6.07) is 28.0. The minimum atomic E-state index is -1.59. The predicted molar refractivity (Wildman–Crippen MR) is 249 cm³/mol. The number of thioether (sulfide) groups is 1. The molecule has 2 aliphatic rings. The molecule has 0 saturated carbocycles.